The maximum atomic E-state index is 12.8. The Bertz CT molecular complexity index is 1000. The summed E-state index contributed by atoms with van der Waals surface area (Å²) in [5, 5.41) is 14.2. The number of hydrogen-bond donors (Lipinski definition) is 2. The zero-order valence-electron chi connectivity index (χ0n) is 15.5. The van der Waals surface area contributed by atoms with E-state index in [-0.39, 0.29) is 5.91 Å². The Morgan fingerprint density at radius 1 is 1.33 bits per heavy atom. The third-order valence-corrected chi connectivity index (χ3v) is 4.30. The third kappa shape index (κ3) is 3.43. The number of benzene rings is 1. The summed E-state index contributed by atoms with van der Waals surface area (Å²) in [6, 6.07) is 7.21. The number of carbonyl (C=O) groups is 2. The van der Waals surface area contributed by atoms with Gasteiger partial charge < -0.3 is 15.0 Å². The Hall–Kier alpha value is -3.49. The summed E-state index contributed by atoms with van der Waals surface area (Å²) in [6.07, 6.45) is 0.577. The minimum atomic E-state index is -0.462. The number of nitrogens with zero attached hydrogens (tertiary/aromatic N) is 4. The SMILES string of the molecule is CCc1[nH]c(C(=O)Nc2cccc(-c3nnnn3C)c2)c(C)c1C(=O)OC. The van der Waals surface area contributed by atoms with E-state index >= 15 is 0 Å². The number of nitrogens with one attached hydrogen (secondary N) is 2. The quantitative estimate of drug-likeness (QED) is 0.667. The largest absolute Gasteiger partial charge is 0.465 e. The van der Waals surface area contributed by atoms with Crippen LogP contribution >= 0.6 is 0 Å². The van der Waals surface area contributed by atoms with Crippen LogP contribution in [-0.4, -0.2) is 44.2 Å². The van der Waals surface area contributed by atoms with Crippen molar-refractivity contribution in [3.05, 3.63) is 46.8 Å². The number of rotatable bonds is 5. The average Bonchev–Trinajstić information content (AvgIpc) is 3.24. The van der Waals surface area contributed by atoms with Crippen LogP contribution in [0.25, 0.3) is 11.4 Å². The van der Waals surface area contributed by atoms with E-state index in [1.54, 1.807) is 36.9 Å². The number of H-pyrrole nitrogens is 1. The number of ether oxygens (including phenoxy) is 1. The summed E-state index contributed by atoms with van der Waals surface area (Å²) in [4.78, 5) is 27.8. The van der Waals surface area contributed by atoms with Gasteiger partial charge in [0.25, 0.3) is 5.91 Å². The molecule has 0 saturated heterocycles. The van der Waals surface area contributed by atoms with Crippen molar-refractivity contribution in [3.63, 3.8) is 0 Å². The van der Waals surface area contributed by atoms with Crippen molar-refractivity contribution >= 4 is 17.6 Å². The second-order valence-electron chi connectivity index (χ2n) is 5.98. The Labute approximate surface area is 155 Å². The van der Waals surface area contributed by atoms with Crippen LogP contribution in [0.1, 0.15) is 39.0 Å². The maximum absolute atomic E-state index is 12.8. The molecule has 0 aliphatic carbocycles. The van der Waals surface area contributed by atoms with Crippen molar-refractivity contribution in [1.29, 1.82) is 0 Å². The molecule has 0 spiro atoms. The lowest BCUT2D eigenvalue weighted by atomic mass is 10.1. The van der Waals surface area contributed by atoms with E-state index in [2.05, 4.69) is 25.8 Å². The highest BCUT2D eigenvalue weighted by atomic mass is 16.5. The summed E-state index contributed by atoms with van der Waals surface area (Å²) in [5.74, 6) is -0.217. The second-order valence-corrected chi connectivity index (χ2v) is 5.98. The number of aromatic nitrogens is 5. The van der Waals surface area contributed by atoms with Gasteiger partial charge in [0, 0.05) is 24.0 Å². The Morgan fingerprint density at radius 3 is 2.74 bits per heavy atom. The summed E-state index contributed by atoms with van der Waals surface area (Å²) < 4.78 is 6.38. The predicted octanol–water partition coefficient (Wildman–Crippen LogP) is 2.11. The molecule has 0 fully saturated rings. The minimum Gasteiger partial charge on any atom is -0.465 e. The molecule has 0 atom stereocenters. The number of anilines is 1. The van der Waals surface area contributed by atoms with Gasteiger partial charge in [0.2, 0.25) is 0 Å². The van der Waals surface area contributed by atoms with Gasteiger partial charge in [-0.05, 0) is 41.5 Å². The Balaban J connectivity index is 1.89. The number of amides is 1. The average molecular weight is 368 g/mol. The number of hydrogen-bond acceptors (Lipinski definition) is 6. The first kappa shape index (κ1) is 18.3. The molecule has 9 heteroatoms. The van der Waals surface area contributed by atoms with Crippen molar-refractivity contribution in [2.24, 2.45) is 7.05 Å². The molecule has 0 unspecified atom stereocenters. The third-order valence-electron chi connectivity index (χ3n) is 4.30. The van der Waals surface area contributed by atoms with E-state index in [1.165, 1.54) is 7.11 Å². The molecule has 1 aromatic carbocycles. The topological polar surface area (TPSA) is 115 Å². The van der Waals surface area contributed by atoms with Crippen molar-refractivity contribution in [1.82, 2.24) is 25.2 Å². The molecule has 0 bridgehead atoms. The Morgan fingerprint density at radius 2 is 2.11 bits per heavy atom. The number of carbonyl (C=O) groups excluding carboxylic acids is 2. The molecule has 27 heavy (non-hydrogen) atoms. The molecular formula is C18H20N6O3. The molecule has 2 aromatic heterocycles. The van der Waals surface area contributed by atoms with Crippen LogP contribution < -0.4 is 5.32 Å². The second kappa shape index (κ2) is 7.40. The first-order valence-electron chi connectivity index (χ1n) is 8.40. The summed E-state index contributed by atoms with van der Waals surface area (Å²) in [5.41, 5.74) is 3.33. The fourth-order valence-electron chi connectivity index (χ4n) is 2.93. The highest BCUT2D eigenvalue weighted by Gasteiger charge is 2.23. The number of esters is 1. The van der Waals surface area contributed by atoms with Crippen LogP contribution in [0.15, 0.2) is 24.3 Å². The first-order valence-corrected chi connectivity index (χ1v) is 8.40. The lowest BCUT2D eigenvalue weighted by Gasteiger charge is -2.07. The molecule has 3 rings (SSSR count). The van der Waals surface area contributed by atoms with E-state index in [0.29, 0.717) is 40.4 Å². The van der Waals surface area contributed by atoms with Gasteiger partial charge in [-0.3, -0.25) is 4.79 Å². The van der Waals surface area contributed by atoms with Gasteiger partial charge in [-0.2, -0.15) is 0 Å². The van der Waals surface area contributed by atoms with Gasteiger partial charge in [-0.15, -0.1) is 5.10 Å². The standard InChI is InChI=1S/C18H20N6O3/c1-5-13-14(18(26)27-4)10(2)15(20-13)17(25)19-12-8-6-7-11(9-12)16-21-22-23-24(16)3/h6-9,20H,5H2,1-4H3,(H,19,25). The lowest BCUT2D eigenvalue weighted by molar-refractivity contribution is 0.0599. The van der Waals surface area contributed by atoms with Gasteiger partial charge in [0.05, 0.1) is 12.7 Å². The van der Waals surface area contributed by atoms with Crippen LogP contribution in [0.2, 0.25) is 0 Å². The maximum Gasteiger partial charge on any atom is 0.339 e. The van der Waals surface area contributed by atoms with Gasteiger partial charge in [-0.25, -0.2) is 9.48 Å². The van der Waals surface area contributed by atoms with E-state index in [1.807, 2.05) is 13.0 Å². The van der Waals surface area contributed by atoms with E-state index in [0.717, 1.165) is 5.56 Å². The smallest absolute Gasteiger partial charge is 0.339 e. The molecular weight excluding hydrogens is 348 g/mol. The molecule has 0 saturated carbocycles. The summed E-state index contributed by atoms with van der Waals surface area (Å²) in [6.45, 7) is 3.62. The molecule has 3 aromatic rings. The summed E-state index contributed by atoms with van der Waals surface area (Å²) >= 11 is 0. The molecule has 2 heterocycles. The van der Waals surface area contributed by atoms with Gasteiger partial charge in [0.15, 0.2) is 5.82 Å². The van der Waals surface area contributed by atoms with E-state index in [9.17, 15) is 9.59 Å². The highest BCUT2D eigenvalue weighted by Crippen LogP contribution is 2.23. The predicted molar refractivity (Wildman–Crippen MR) is 98.4 cm³/mol. The van der Waals surface area contributed by atoms with Crippen LogP contribution in [0, 0.1) is 6.92 Å². The molecule has 0 radical (unpaired) electrons. The molecule has 140 valence electrons. The van der Waals surface area contributed by atoms with Gasteiger partial charge in [0.1, 0.15) is 5.69 Å². The normalized spacial score (nSPS) is 10.7. The highest BCUT2D eigenvalue weighted by molar-refractivity contribution is 6.07. The monoisotopic (exact) mass is 368 g/mol. The van der Waals surface area contributed by atoms with E-state index < -0.39 is 5.97 Å². The first-order chi connectivity index (χ1) is 13.0. The molecule has 0 aliphatic rings. The minimum absolute atomic E-state index is 0.331. The van der Waals surface area contributed by atoms with E-state index in [4.69, 9.17) is 4.74 Å². The molecule has 2 N–H and O–H groups in total. The molecule has 1 amide bonds. The van der Waals surface area contributed by atoms with Gasteiger partial charge in [-0.1, -0.05) is 19.1 Å². The summed E-state index contributed by atoms with van der Waals surface area (Å²) in [7, 11) is 3.06. The molecule has 9 nitrogen and oxygen atoms in total. The van der Waals surface area contributed by atoms with Crippen molar-refractivity contribution in [2.45, 2.75) is 20.3 Å². The lowest BCUT2D eigenvalue weighted by Crippen LogP contribution is -2.14. The van der Waals surface area contributed by atoms with Crippen molar-refractivity contribution in [2.75, 3.05) is 12.4 Å². The number of methoxy groups -OCH3 is 1. The van der Waals surface area contributed by atoms with Crippen LogP contribution in [-0.2, 0) is 18.2 Å². The van der Waals surface area contributed by atoms with Crippen molar-refractivity contribution < 1.29 is 14.3 Å². The zero-order chi connectivity index (χ0) is 19.6. The Kier molecular flexibility index (Phi) is 5.02. The van der Waals surface area contributed by atoms with Crippen LogP contribution in [0.5, 0.6) is 0 Å². The van der Waals surface area contributed by atoms with Crippen LogP contribution in [0.4, 0.5) is 5.69 Å². The molecule has 0 aliphatic heterocycles. The fraction of sp³-hybridized carbons (Fsp3) is 0.278. The zero-order valence-corrected chi connectivity index (χ0v) is 15.5. The number of aromatic amines is 1. The van der Waals surface area contributed by atoms with Gasteiger partial charge >= 0.3 is 5.97 Å². The van der Waals surface area contributed by atoms with Crippen molar-refractivity contribution in [3.8, 4) is 11.4 Å². The number of tetrazole rings is 1. The van der Waals surface area contributed by atoms with Crippen LogP contribution in [0.3, 0.4) is 0 Å². The number of aryl methyl sites for hydroxylation is 2. The fourth-order valence-corrected chi connectivity index (χ4v) is 2.93.